The van der Waals surface area contributed by atoms with E-state index in [1.165, 1.54) is 45.9 Å². The number of carbonyl (C=O) groups is 2. The fourth-order valence-corrected chi connectivity index (χ4v) is 1.96. The van der Waals surface area contributed by atoms with Crippen LogP contribution in [0.5, 0.6) is 11.5 Å². The van der Waals surface area contributed by atoms with E-state index >= 15 is 0 Å². The van der Waals surface area contributed by atoms with Gasteiger partial charge in [0.15, 0.2) is 11.5 Å². The molecule has 7 heteroatoms. The van der Waals surface area contributed by atoms with Crippen molar-refractivity contribution in [3.63, 3.8) is 0 Å². The number of hydrogen-bond acceptors (Lipinski definition) is 6. The average molecular weight is 316 g/mol. The lowest BCUT2D eigenvalue weighted by Crippen LogP contribution is -2.16. The van der Waals surface area contributed by atoms with Crippen molar-refractivity contribution >= 4 is 17.6 Å². The largest absolute Gasteiger partial charge is 0.493 e. The van der Waals surface area contributed by atoms with Crippen LogP contribution in [0, 0.1) is 0 Å². The van der Waals surface area contributed by atoms with Crippen LogP contribution in [0.4, 0.5) is 5.69 Å². The number of nitrogens with zero attached hydrogens (tertiary/aromatic N) is 1. The topological polar surface area (TPSA) is 86.8 Å². The van der Waals surface area contributed by atoms with Gasteiger partial charge in [-0.25, -0.2) is 4.79 Å². The molecule has 0 atom stereocenters. The van der Waals surface area contributed by atoms with Crippen LogP contribution >= 0.6 is 0 Å². The van der Waals surface area contributed by atoms with Crippen LogP contribution in [-0.2, 0) is 4.74 Å². The minimum absolute atomic E-state index is 0.160. The van der Waals surface area contributed by atoms with Crippen LogP contribution in [0.15, 0.2) is 36.7 Å². The monoisotopic (exact) mass is 316 g/mol. The molecule has 2 rings (SSSR count). The molecule has 7 nitrogen and oxygen atoms in total. The molecule has 1 amide bonds. The van der Waals surface area contributed by atoms with Gasteiger partial charge in [-0.05, 0) is 12.1 Å². The van der Waals surface area contributed by atoms with Crippen molar-refractivity contribution in [3.05, 3.63) is 47.8 Å². The normalized spacial score (nSPS) is 9.87. The summed E-state index contributed by atoms with van der Waals surface area (Å²) in [6.45, 7) is 0. The van der Waals surface area contributed by atoms with Gasteiger partial charge in [0.05, 0.1) is 32.6 Å². The molecule has 1 aromatic carbocycles. The van der Waals surface area contributed by atoms with Gasteiger partial charge in [0.25, 0.3) is 5.91 Å². The summed E-state index contributed by atoms with van der Waals surface area (Å²) in [6, 6.07) is 6.08. The summed E-state index contributed by atoms with van der Waals surface area (Å²) in [5.74, 6) is -0.249. The lowest BCUT2D eigenvalue weighted by molar-refractivity contribution is 0.0601. The third-order valence-electron chi connectivity index (χ3n) is 3.12. The Hall–Kier alpha value is -3.09. The molecule has 1 N–H and O–H groups in total. The van der Waals surface area contributed by atoms with Gasteiger partial charge in [-0.3, -0.25) is 9.78 Å². The van der Waals surface area contributed by atoms with E-state index in [1.807, 2.05) is 0 Å². The van der Waals surface area contributed by atoms with E-state index in [4.69, 9.17) is 14.2 Å². The molecular formula is C16H16N2O5. The fraction of sp³-hybridized carbons (Fsp3) is 0.188. The number of ether oxygens (including phenoxy) is 3. The predicted molar refractivity (Wildman–Crippen MR) is 83.1 cm³/mol. The highest BCUT2D eigenvalue weighted by Gasteiger charge is 2.19. The van der Waals surface area contributed by atoms with E-state index in [1.54, 1.807) is 12.1 Å². The zero-order valence-corrected chi connectivity index (χ0v) is 13.0. The molecule has 0 aliphatic rings. The molecule has 0 radical (unpaired) electrons. The molecule has 0 unspecified atom stereocenters. The standard InChI is InChI=1S/C16H16N2O5/c1-21-13-8-11(16(20)23-3)12(9-14(13)22-2)18-15(19)10-4-6-17-7-5-10/h4-9H,1-3H3,(H,18,19). The van der Waals surface area contributed by atoms with Crippen molar-refractivity contribution in [1.82, 2.24) is 4.98 Å². The van der Waals surface area contributed by atoms with Gasteiger partial charge < -0.3 is 19.5 Å². The van der Waals surface area contributed by atoms with Crippen LogP contribution in [-0.4, -0.2) is 38.2 Å². The Bertz CT molecular complexity index is 716. The molecular weight excluding hydrogens is 300 g/mol. The molecule has 0 bridgehead atoms. The highest BCUT2D eigenvalue weighted by atomic mass is 16.5. The number of pyridine rings is 1. The van der Waals surface area contributed by atoms with Gasteiger partial charge in [-0.1, -0.05) is 0 Å². The maximum absolute atomic E-state index is 12.3. The maximum Gasteiger partial charge on any atom is 0.340 e. The first-order valence-electron chi connectivity index (χ1n) is 6.66. The van der Waals surface area contributed by atoms with E-state index in [0.29, 0.717) is 17.1 Å². The van der Waals surface area contributed by atoms with Crippen molar-refractivity contribution in [2.45, 2.75) is 0 Å². The zero-order valence-electron chi connectivity index (χ0n) is 13.0. The third-order valence-corrected chi connectivity index (χ3v) is 3.12. The summed E-state index contributed by atoms with van der Waals surface area (Å²) < 4.78 is 15.1. The molecule has 0 aliphatic heterocycles. The van der Waals surface area contributed by atoms with Crippen LogP contribution < -0.4 is 14.8 Å². The molecule has 0 saturated heterocycles. The summed E-state index contributed by atoms with van der Waals surface area (Å²) in [6.07, 6.45) is 3.01. The Kier molecular flexibility index (Phi) is 5.14. The minimum atomic E-state index is -0.601. The van der Waals surface area contributed by atoms with Gasteiger partial charge in [-0.15, -0.1) is 0 Å². The summed E-state index contributed by atoms with van der Waals surface area (Å²) >= 11 is 0. The van der Waals surface area contributed by atoms with Gasteiger partial charge in [0, 0.05) is 30.1 Å². The first-order valence-corrected chi connectivity index (χ1v) is 6.66. The van der Waals surface area contributed by atoms with E-state index in [9.17, 15) is 9.59 Å². The average Bonchev–Trinajstić information content (AvgIpc) is 2.61. The highest BCUT2D eigenvalue weighted by Crippen LogP contribution is 2.34. The van der Waals surface area contributed by atoms with Gasteiger partial charge in [0.2, 0.25) is 0 Å². The van der Waals surface area contributed by atoms with Crippen molar-refractivity contribution in [1.29, 1.82) is 0 Å². The molecule has 120 valence electrons. The van der Waals surface area contributed by atoms with E-state index < -0.39 is 5.97 Å². The Morgan fingerprint density at radius 2 is 1.61 bits per heavy atom. The number of methoxy groups -OCH3 is 3. The Morgan fingerprint density at radius 3 is 2.17 bits per heavy atom. The molecule has 2 aromatic rings. The van der Waals surface area contributed by atoms with Crippen LogP contribution in [0.2, 0.25) is 0 Å². The van der Waals surface area contributed by atoms with E-state index in [0.717, 1.165) is 0 Å². The number of aromatic nitrogens is 1. The number of hydrogen-bond donors (Lipinski definition) is 1. The smallest absolute Gasteiger partial charge is 0.340 e. The molecule has 1 aromatic heterocycles. The van der Waals surface area contributed by atoms with Crippen LogP contribution in [0.25, 0.3) is 0 Å². The van der Waals surface area contributed by atoms with Crippen molar-refractivity contribution in [3.8, 4) is 11.5 Å². The SMILES string of the molecule is COC(=O)c1cc(OC)c(OC)cc1NC(=O)c1ccncc1. The number of carbonyl (C=O) groups excluding carboxylic acids is 2. The Morgan fingerprint density at radius 1 is 1.00 bits per heavy atom. The second-order valence-electron chi connectivity index (χ2n) is 4.43. The Labute approximate surface area is 133 Å². The molecule has 23 heavy (non-hydrogen) atoms. The number of esters is 1. The molecule has 1 heterocycles. The second-order valence-corrected chi connectivity index (χ2v) is 4.43. The maximum atomic E-state index is 12.3. The number of rotatable bonds is 5. The zero-order chi connectivity index (χ0) is 16.8. The molecule has 0 aliphatic carbocycles. The lowest BCUT2D eigenvalue weighted by Gasteiger charge is -2.14. The Balaban J connectivity index is 2.43. The third kappa shape index (κ3) is 3.57. The molecule has 0 fully saturated rings. The second kappa shape index (κ2) is 7.26. The predicted octanol–water partition coefficient (Wildman–Crippen LogP) is 2.14. The van der Waals surface area contributed by atoms with Gasteiger partial charge >= 0.3 is 5.97 Å². The summed E-state index contributed by atoms with van der Waals surface area (Å²) in [5.41, 5.74) is 0.828. The number of amides is 1. The van der Waals surface area contributed by atoms with Crippen LogP contribution in [0.1, 0.15) is 20.7 Å². The van der Waals surface area contributed by atoms with E-state index in [2.05, 4.69) is 10.3 Å². The molecule has 0 saturated carbocycles. The fourth-order valence-electron chi connectivity index (χ4n) is 1.96. The van der Waals surface area contributed by atoms with Crippen LogP contribution in [0.3, 0.4) is 0 Å². The van der Waals surface area contributed by atoms with Gasteiger partial charge in [-0.2, -0.15) is 0 Å². The van der Waals surface area contributed by atoms with Crippen molar-refractivity contribution in [2.24, 2.45) is 0 Å². The number of nitrogens with one attached hydrogen (secondary N) is 1. The first kappa shape index (κ1) is 16.3. The van der Waals surface area contributed by atoms with E-state index in [-0.39, 0.29) is 17.2 Å². The summed E-state index contributed by atoms with van der Waals surface area (Å²) in [7, 11) is 4.17. The van der Waals surface area contributed by atoms with Crippen molar-refractivity contribution in [2.75, 3.05) is 26.6 Å². The van der Waals surface area contributed by atoms with Crippen molar-refractivity contribution < 1.29 is 23.8 Å². The van der Waals surface area contributed by atoms with Gasteiger partial charge in [0.1, 0.15) is 0 Å². The quantitative estimate of drug-likeness (QED) is 0.850. The number of benzene rings is 1. The first-order chi connectivity index (χ1) is 11.1. The number of anilines is 1. The molecule has 0 spiro atoms. The lowest BCUT2D eigenvalue weighted by atomic mass is 10.1. The highest BCUT2D eigenvalue weighted by molar-refractivity contribution is 6.08. The minimum Gasteiger partial charge on any atom is -0.493 e. The summed E-state index contributed by atoms with van der Waals surface area (Å²) in [4.78, 5) is 28.1. The summed E-state index contributed by atoms with van der Waals surface area (Å²) in [5, 5.41) is 2.66.